The Morgan fingerprint density at radius 2 is 1.94 bits per heavy atom. The van der Waals surface area contributed by atoms with Gasteiger partial charge in [0.2, 0.25) is 0 Å². The maximum Gasteiger partial charge on any atom is 0.103 e. The minimum atomic E-state index is 0.595. The van der Waals surface area contributed by atoms with Gasteiger partial charge in [-0.3, -0.25) is 4.98 Å². The van der Waals surface area contributed by atoms with Crippen LogP contribution >= 0.6 is 15.9 Å². The van der Waals surface area contributed by atoms with Gasteiger partial charge in [0.25, 0.3) is 0 Å². The molecule has 0 saturated heterocycles. The van der Waals surface area contributed by atoms with Gasteiger partial charge in [0.1, 0.15) is 6.07 Å². The summed E-state index contributed by atoms with van der Waals surface area (Å²) in [5.41, 5.74) is 4.18. The van der Waals surface area contributed by atoms with Gasteiger partial charge in [-0.05, 0) is 54.0 Å². The van der Waals surface area contributed by atoms with E-state index in [9.17, 15) is 0 Å². The Balaban J connectivity index is 2.41. The van der Waals surface area contributed by atoms with Crippen molar-refractivity contribution in [1.29, 1.82) is 5.26 Å². The zero-order chi connectivity index (χ0) is 13.1. The van der Waals surface area contributed by atoms with E-state index < -0.39 is 0 Å². The molecule has 1 aromatic carbocycles. The van der Waals surface area contributed by atoms with Crippen LogP contribution in [0.3, 0.4) is 0 Å². The molecule has 0 aliphatic carbocycles. The number of rotatable bonds is 2. The molecular weight excluding hydrogens is 290 g/mol. The van der Waals surface area contributed by atoms with Crippen molar-refractivity contribution in [2.24, 2.45) is 0 Å². The first kappa shape index (κ1) is 12.6. The van der Waals surface area contributed by atoms with Crippen LogP contribution < -0.4 is 5.32 Å². The fourth-order valence-corrected chi connectivity index (χ4v) is 2.16. The second-order valence-corrected chi connectivity index (χ2v) is 4.84. The van der Waals surface area contributed by atoms with Gasteiger partial charge >= 0.3 is 0 Å². The first-order chi connectivity index (χ1) is 8.61. The summed E-state index contributed by atoms with van der Waals surface area (Å²) in [5, 5.41) is 12.4. The van der Waals surface area contributed by atoms with Crippen LogP contribution in [0.2, 0.25) is 0 Å². The summed E-state index contributed by atoms with van der Waals surface area (Å²) in [7, 11) is 0. The van der Waals surface area contributed by atoms with Crippen molar-refractivity contribution in [1.82, 2.24) is 4.98 Å². The predicted molar refractivity (Wildman–Crippen MR) is 75.9 cm³/mol. The lowest BCUT2D eigenvalue weighted by Crippen LogP contribution is -1.98. The van der Waals surface area contributed by atoms with Crippen LogP contribution in [-0.4, -0.2) is 4.98 Å². The molecule has 1 aromatic heterocycles. The first-order valence-corrected chi connectivity index (χ1v) is 6.31. The summed E-state index contributed by atoms with van der Waals surface area (Å²) in [5.74, 6) is 0. The smallest absolute Gasteiger partial charge is 0.103 e. The number of halogens is 1. The van der Waals surface area contributed by atoms with Crippen molar-refractivity contribution in [2.75, 3.05) is 5.32 Å². The summed E-state index contributed by atoms with van der Waals surface area (Å²) in [6.07, 6.45) is 0. The lowest BCUT2D eigenvalue weighted by Gasteiger charge is -2.11. The van der Waals surface area contributed by atoms with Crippen molar-refractivity contribution in [3.8, 4) is 6.07 Å². The molecule has 4 heteroatoms. The highest BCUT2D eigenvalue weighted by Crippen LogP contribution is 2.27. The maximum absolute atomic E-state index is 9.16. The normalized spacial score (nSPS) is 9.89. The van der Waals surface area contributed by atoms with Crippen molar-refractivity contribution in [3.63, 3.8) is 0 Å². The van der Waals surface area contributed by atoms with Crippen LogP contribution in [0.5, 0.6) is 0 Å². The third-order valence-corrected chi connectivity index (χ3v) is 3.28. The van der Waals surface area contributed by atoms with Crippen LogP contribution in [0.15, 0.2) is 34.8 Å². The van der Waals surface area contributed by atoms with Gasteiger partial charge in [0.15, 0.2) is 0 Å². The zero-order valence-corrected chi connectivity index (χ0v) is 11.7. The number of nitrogens with zero attached hydrogens (tertiary/aromatic N) is 2. The highest BCUT2D eigenvalue weighted by atomic mass is 79.9. The van der Waals surface area contributed by atoms with E-state index in [1.165, 1.54) is 0 Å². The van der Waals surface area contributed by atoms with Crippen molar-refractivity contribution >= 4 is 27.3 Å². The molecule has 0 bridgehead atoms. The average molecular weight is 302 g/mol. The molecule has 90 valence electrons. The molecule has 0 atom stereocenters. The molecule has 1 N–H and O–H groups in total. The molecular formula is C14H12BrN3. The van der Waals surface area contributed by atoms with Gasteiger partial charge in [-0.1, -0.05) is 6.07 Å². The molecule has 0 spiro atoms. The average Bonchev–Trinajstić information content (AvgIpc) is 2.33. The SMILES string of the molecule is Cc1ccc(Nc2cccc(Br)c2C#N)c(C)n1. The third kappa shape index (κ3) is 2.52. The van der Waals surface area contributed by atoms with Gasteiger partial charge in [-0.25, -0.2) is 0 Å². The highest BCUT2D eigenvalue weighted by Gasteiger charge is 2.07. The number of hydrogen-bond donors (Lipinski definition) is 1. The molecule has 2 aromatic rings. The number of benzene rings is 1. The first-order valence-electron chi connectivity index (χ1n) is 5.51. The van der Waals surface area contributed by atoms with Gasteiger partial charge in [-0.2, -0.15) is 5.26 Å². The molecule has 0 fully saturated rings. The van der Waals surface area contributed by atoms with E-state index in [1.54, 1.807) is 0 Å². The third-order valence-electron chi connectivity index (χ3n) is 2.62. The summed E-state index contributed by atoms with van der Waals surface area (Å²) in [6, 6.07) is 11.7. The fourth-order valence-electron chi connectivity index (χ4n) is 1.71. The van der Waals surface area contributed by atoms with Crippen molar-refractivity contribution < 1.29 is 0 Å². The van der Waals surface area contributed by atoms with Gasteiger partial charge in [0, 0.05) is 10.2 Å². The summed E-state index contributed by atoms with van der Waals surface area (Å²) >= 11 is 3.37. The van der Waals surface area contributed by atoms with Crippen LogP contribution in [0.4, 0.5) is 11.4 Å². The standard InChI is InChI=1S/C14H12BrN3/c1-9-6-7-13(10(2)17-9)18-14-5-3-4-12(15)11(14)8-16/h3-7,18H,1-2H3. The monoisotopic (exact) mass is 301 g/mol. The molecule has 0 aliphatic rings. The van der Waals surface area contributed by atoms with E-state index in [0.717, 1.165) is 27.2 Å². The number of nitriles is 1. The van der Waals surface area contributed by atoms with Gasteiger partial charge in [0.05, 0.1) is 22.6 Å². The van der Waals surface area contributed by atoms with Crippen LogP contribution in [0.1, 0.15) is 17.0 Å². The summed E-state index contributed by atoms with van der Waals surface area (Å²) in [4.78, 5) is 4.39. The van der Waals surface area contributed by atoms with Gasteiger partial charge in [-0.15, -0.1) is 0 Å². The number of hydrogen-bond acceptors (Lipinski definition) is 3. The van der Waals surface area contributed by atoms with Gasteiger partial charge < -0.3 is 5.32 Å². The minimum absolute atomic E-state index is 0.595. The number of aromatic nitrogens is 1. The highest BCUT2D eigenvalue weighted by molar-refractivity contribution is 9.10. The van der Waals surface area contributed by atoms with Crippen LogP contribution in [0.25, 0.3) is 0 Å². The number of anilines is 2. The lowest BCUT2D eigenvalue weighted by atomic mass is 10.2. The molecule has 3 nitrogen and oxygen atoms in total. The Morgan fingerprint density at radius 1 is 1.17 bits per heavy atom. The Morgan fingerprint density at radius 3 is 2.61 bits per heavy atom. The number of pyridine rings is 1. The zero-order valence-electron chi connectivity index (χ0n) is 10.2. The Labute approximate surface area is 115 Å². The summed E-state index contributed by atoms with van der Waals surface area (Å²) < 4.78 is 0.785. The van der Waals surface area contributed by atoms with E-state index in [-0.39, 0.29) is 0 Å². The largest absolute Gasteiger partial charge is 0.353 e. The van der Waals surface area contributed by atoms with Crippen LogP contribution in [-0.2, 0) is 0 Å². The molecule has 0 saturated carbocycles. The molecule has 0 aliphatic heterocycles. The second kappa shape index (κ2) is 5.19. The van der Waals surface area contributed by atoms with Crippen molar-refractivity contribution in [3.05, 3.63) is 51.8 Å². The minimum Gasteiger partial charge on any atom is -0.353 e. The van der Waals surface area contributed by atoms with E-state index >= 15 is 0 Å². The van der Waals surface area contributed by atoms with E-state index in [4.69, 9.17) is 5.26 Å². The predicted octanol–water partition coefficient (Wildman–Crippen LogP) is 4.08. The van der Waals surface area contributed by atoms with E-state index in [1.807, 2.05) is 44.2 Å². The molecule has 0 radical (unpaired) electrons. The number of aryl methyl sites for hydroxylation is 2. The summed E-state index contributed by atoms with van der Waals surface area (Å²) in [6.45, 7) is 3.90. The Kier molecular flexibility index (Phi) is 3.63. The Hall–Kier alpha value is -1.86. The van der Waals surface area contributed by atoms with E-state index in [2.05, 4.69) is 32.3 Å². The molecule has 1 heterocycles. The Bertz CT molecular complexity index is 629. The van der Waals surface area contributed by atoms with Crippen molar-refractivity contribution in [2.45, 2.75) is 13.8 Å². The molecule has 0 unspecified atom stereocenters. The number of nitrogens with one attached hydrogen (secondary N) is 1. The molecule has 0 amide bonds. The molecule has 2 rings (SSSR count). The second-order valence-electron chi connectivity index (χ2n) is 3.98. The molecule has 18 heavy (non-hydrogen) atoms. The van der Waals surface area contributed by atoms with Crippen LogP contribution in [0, 0.1) is 25.2 Å². The fraction of sp³-hybridized carbons (Fsp3) is 0.143. The maximum atomic E-state index is 9.16. The van der Waals surface area contributed by atoms with E-state index in [0.29, 0.717) is 5.56 Å². The quantitative estimate of drug-likeness (QED) is 0.909. The topological polar surface area (TPSA) is 48.7 Å². The lowest BCUT2D eigenvalue weighted by molar-refractivity contribution is 1.12.